The quantitative estimate of drug-likeness (QED) is 0.838. The van der Waals surface area contributed by atoms with Crippen molar-refractivity contribution in [3.8, 4) is 5.75 Å². The average Bonchev–Trinajstić information content (AvgIpc) is 2.60. The van der Waals surface area contributed by atoms with E-state index in [1.54, 1.807) is 18.2 Å². The van der Waals surface area contributed by atoms with Crippen LogP contribution in [0.3, 0.4) is 0 Å². The number of nitrogens with one attached hydrogen (secondary N) is 1. The molecule has 16 heavy (non-hydrogen) atoms. The summed E-state index contributed by atoms with van der Waals surface area (Å²) in [5, 5.41) is 2.45. The van der Waals surface area contributed by atoms with E-state index in [1.807, 2.05) is 0 Å². The Morgan fingerprint density at radius 2 is 2.19 bits per heavy atom. The number of nitrogens with zero attached hydrogens (tertiary/aromatic N) is 1. The van der Waals surface area contributed by atoms with E-state index in [1.165, 1.54) is 7.11 Å². The highest BCUT2D eigenvalue weighted by Gasteiger charge is 2.30. The average molecular weight is 285 g/mol. The summed E-state index contributed by atoms with van der Waals surface area (Å²) >= 11 is 3.30. The fourth-order valence-electron chi connectivity index (χ4n) is 1.47. The maximum Gasteiger partial charge on any atom is 0.329 e. The Balaban J connectivity index is 2.40. The number of hydrogen-bond donors (Lipinski definition) is 1. The summed E-state index contributed by atoms with van der Waals surface area (Å²) in [6, 6.07) is 4.63. The third-order valence-electron chi connectivity index (χ3n) is 2.24. The van der Waals surface area contributed by atoms with Crippen molar-refractivity contribution in [1.29, 1.82) is 0 Å². The molecule has 3 amide bonds. The van der Waals surface area contributed by atoms with E-state index < -0.39 is 6.03 Å². The Kier molecular flexibility index (Phi) is 2.82. The zero-order chi connectivity index (χ0) is 11.7. The van der Waals surface area contributed by atoms with Gasteiger partial charge in [0, 0.05) is 6.07 Å². The molecule has 0 atom stereocenters. The first-order valence-corrected chi connectivity index (χ1v) is 5.37. The monoisotopic (exact) mass is 284 g/mol. The number of rotatable bonds is 2. The first-order chi connectivity index (χ1) is 7.63. The zero-order valence-electron chi connectivity index (χ0n) is 8.49. The molecule has 2 rings (SSSR count). The third-order valence-corrected chi connectivity index (χ3v) is 2.89. The molecule has 1 aliphatic rings. The lowest BCUT2D eigenvalue weighted by atomic mass is 10.3. The van der Waals surface area contributed by atoms with E-state index >= 15 is 0 Å². The van der Waals surface area contributed by atoms with Gasteiger partial charge >= 0.3 is 6.03 Å². The maximum atomic E-state index is 11.5. The van der Waals surface area contributed by atoms with Crippen LogP contribution in [0, 0.1) is 0 Å². The van der Waals surface area contributed by atoms with E-state index in [-0.39, 0.29) is 12.5 Å². The molecule has 0 radical (unpaired) electrons. The lowest BCUT2D eigenvalue weighted by Crippen LogP contribution is -2.30. The van der Waals surface area contributed by atoms with Crippen molar-refractivity contribution in [2.24, 2.45) is 0 Å². The second-order valence-electron chi connectivity index (χ2n) is 3.21. The number of carbonyl (C=O) groups excluding carboxylic acids is 2. The number of halogens is 1. The smallest absolute Gasteiger partial charge is 0.329 e. The Bertz CT molecular complexity index is 445. The van der Waals surface area contributed by atoms with Gasteiger partial charge in [0.2, 0.25) is 0 Å². The van der Waals surface area contributed by atoms with Gasteiger partial charge in [-0.2, -0.15) is 0 Å². The van der Waals surface area contributed by atoms with Crippen molar-refractivity contribution in [2.45, 2.75) is 0 Å². The van der Waals surface area contributed by atoms with Crippen LogP contribution in [0.5, 0.6) is 5.75 Å². The minimum absolute atomic E-state index is 0.0389. The van der Waals surface area contributed by atoms with Gasteiger partial charge < -0.3 is 10.1 Å². The number of hydrogen-bond acceptors (Lipinski definition) is 3. The summed E-state index contributed by atoms with van der Waals surface area (Å²) in [6.45, 7) is 0.0389. The van der Waals surface area contributed by atoms with Crippen LogP contribution < -0.4 is 15.0 Å². The highest BCUT2D eigenvalue weighted by Crippen LogP contribution is 2.30. The van der Waals surface area contributed by atoms with Gasteiger partial charge in [0.1, 0.15) is 5.75 Å². The van der Waals surface area contributed by atoms with Gasteiger partial charge in [0.25, 0.3) is 5.91 Å². The van der Waals surface area contributed by atoms with Gasteiger partial charge in [-0.25, -0.2) is 9.69 Å². The number of imide groups is 1. The van der Waals surface area contributed by atoms with Crippen LogP contribution in [0.4, 0.5) is 10.5 Å². The fraction of sp³-hybridized carbons (Fsp3) is 0.200. The molecule has 1 aliphatic heterocycles. The Morgan fingerprint density at radius 1 is 1.44 bits per heavy atom. The highest BCUT2D eigenvalue weighted by atomic mass is 79.9. The highest BCUT2D eigenvalue weighted by molar-refractivity contribution is 9.10. The summed E-state index contributed by atoms with van der Waals surface area (Å²) in [6.07, 6.45) is 0. The van der Waals surface area contributed by atoms with E-state index in [0.29, 0.717) is 11.4 Å². The lowest BCUT2D eigenvalue weighted by molar-refractivity contribution is -0.115. The number of ether oxygens (including phenoxy) is 1. The molecule has 1 fully saturated rings. The Hall–Kier alpha value is -1.56. The minimum Gasteiger partial charge on any atom is -0.495 e. The van der Waals surface area contributed by atoms with Crippen LogP contribution in [0.25, 0.3) is 0 Å². The largest absolute Gasteiger partial charge is 0.495 e. The van der Waals surface area contributed by atoms with Crippen molar-refractivity contribution in [2.75, 3.05) is 18.6 Å². The molecule has 1 N–H and O–H groups in total. The lowest BCUT2D eigenvalue weighted by Gasteiger charge is -2.13. The normalized spacial score (nSPS) is 15.2. The third kappa shape index (κ3) is 1.76. The SMILES string of the molecule is COc1cc(N2C(=O)CNC2=O)ccc1Br. The minimum atomic E-state index is -0.408. The molecule has 1 aromatic rings. The first-order valence-electron chi connectivity index (χ1n) is 4.58. The molecule has 1 aromatic carbocycles. The number of urea groups is 1. The van der Waals surface area contributed by atoms with Crippen molar-refractivity contribution < 1.29 is 14.3 Å². The predicted octanol–water partition coefficient (Wildman–Crippen LogP) is 1.51. The number of amides is 3. The molecule has 6 heteroatoms. The van der Waals surface area contributed by atoms with E-state index in [4.69, 9.17) is 4.74 Å². The summed E-state index contributed by atoms with van der Waals surface area (Å²) in [5.74, 6) is 0.305. The second kappa shape index (κ2) is 4.13. The van der Waals surface area contributed by atoms with Gasteiger partial charge in [0.15, 0.2) is 0 Å². The molecular weight excluding hydrogens is 276 g/mol. The molecule has 0 aromatic heterocycles. The van der Waals surface area contributed by atoms with E-state index in [2.05, 4.69) is 21.2 Å². The molecular formula is C10H9BrN2O3. The fourth-order valence-corrected chi connectivity index (χ4v) is 1.88. The number of anilines is 1. The molecule has 0 spiro atoms. The summed E-state index contributed by atoms with van der Waals surface area (Å²) in [5.41, 5.74) is 0.500. The van der Waals surface area contributed by atoms with Crippen LogP contribution in [-0.4, -0.2) is 25.6 Å². The van der Waals surface area contributed by atoms with Crippen molar-refractivity contribution in [3.63, 3.8) is 0 Å². The van der Waals surface area contributed by atoms with Crippen LogP contribution in [0.1, 0.15) is 0 Å². The van der Waals surface area contributed by atoms with Gasteiger partial charge in [-0.3, -0.25) is 4.79 Å². The van der Waals surface area contributed by atoms with Crippen LogP contribution >= 0.6 is 15.9 Å². The molecule has 1 saturated heterocycles. The Labute approximate surface area is 100 Å². The van der Waals surface area contributed by atoms with Crippen molar-refractivity contribution >= 4 is 33.6 Å². The number of benzene rings is 1. The van der Waals surface area contributed by atoms with E-state index in [0.717, 1.165) is 9.37 Å². The predicted molar refractivity (Wildman–Crippen MR) is 61.6 cm³/mol. The van der Waals surface area contributed by atoms with E-state index in [9.17, 15) is 9.59 Å². The van der Waals surface area contributed by atoms with Gasteiger partial charge in [0.05, 0.1) is 23.8 Å². The second-order valence-corrected chi connectivity index (χ2v) is 4.06. The van der Waals surface area contributed by atoms with Gasteiger partial charge in [-0.1, -0.05) is 0 Å². The number of carbonyl (C=O) groups is 2. The Morgan fingerprint density at radius 3 is 2.75 bits per heavy atom. The van der Waals surface area contributed by atoms with Crippen LogP contribution in [0.15, 0.2) is 22.7 Å². The standard InChI is InChI=1S/C10H9BrN2O3/c1-16-8-4-6(2-3-7(8)11)13-9(14)5-12-10(13)15/h2-4H,5H2,1H3,(H,12,15). The van der Waals surface area contributed by atoms with Gasteiger partial charge in [-0.15, -0.1) is 0 Å². The zero-order valence-corrected chi connectivity index (χ0v) is 10.1. The molecule has 0 unspecified atom stereocenters. The van der Waals surface area contributed by atoms with Crippen LogP contribution in [0.2, 0.25) is 0 Å². The maximum absolute atomic E-state index is 11.5. The molecule has 0 saturated carbocycles. The summed E-state index contributed by atoms with van der Waals surface area (Å²) in [4.78, 5) is 24.0. The van der Waals surface area contributed by atoms with Crippen LogP contribution in [-0.2, 0) is 4.79 Å². The summed E-state index contributed by atoms with van der Waals surface area (Å²) < 4.78 is 5.87. The number of methoxy groups -OCH3 is 1. The van der Waals surface area contributed by atoms with Gasteiger partial charge in [-0.05, 0) is 28.1 Å². The first kappa shape index (κ1) is 10.9. The molecule has 1 heterocycles. The van der Waals surface area contributed by atoms with Crippen molar-refractivity contribution in [1.82, 2.24) is 5.32 Å². The summed E-state index contributed by atoms with van der Waals surface area (Å²) in [7, 11) is 1.52. The molecule has 5 nitrogen and oxygen atoms in total. The molecule has 84 valence electrons. The topological polar surface area (TPSA) is 58.6 Å². The molecule has 0 aliphatic carbocycles. The molecule has 0 bridgehead atoms. The van der Waals surface area contributed by atoms with Crippen molar-refractivity contribution in [3.05, 3.63) is 22.7 Å².